The molecule has 0 saturated heterocycles. The van der Waals surface area contributed by atoms with Crippen LogP contribution in [0.2, 0.25) is 5.15 Å². The standard InChI is InChI=1S/C12H9ClN4/c1-17(12-11(13)15-6-7-16-12)10-4-2-9(8-14)3-5-10/h2-7H,1H3. The van der Waals surface area contributed by atoms with Gasteiger partial charge in [-0.05, 0) is 24.3 Å². The van der Waals surface area contributed by atoms with Gasteiger partial charge >= 0.3 is 0 Å². The van der Waals surface area contributed by atoms with Crippen LogP contribution in [-0.2, 0) is 0 Å². The molecule has 0 saturated carbocycles. The lowest BCUT2D eigenvalue weighted by Gasteiger charge is -2.18. The fourth-order valence-corrected chi connectivity index (χ4v) is 1.65. The Kier molecular flexibility index (Phi) is 3.22. The maximum atomic E-state index is 8.72. The predicted molar refractivity (Wildman–Crippen MR) is 66.3 cm³/mol. The van der Waals surface area contributed by atoms with Crippen LogP contribution in [0.1, 0.15) is 5.56 Å². The van der Waals surface area contributed by atoms with Crippen molar-refractivity contribution in [2.75, 3.05) is 11.9 Å². The molecule has 4 nitrogen and oxygen atoms in total. The average Bonchev–Trinajstić information content (AvgIpc) is 2.39. The van der Waals surface area contributed by atoms with Gasteiger partial charge in [0.2, 0.25) is 0 Å². The molecule has 1 aromatic carbocycles. The number of halogens is 1. The highest BCUT2D eigenvalue weighted by atomic mass is 35.5. The number of rotatable bonds is 2. The van der Waals surface area contributed by atoms with Gasteiger partial charge in [0.05, 0.1) is 11.6 Å². The zero-order valence-corrected chi connectivity index (χ0v) is 9.89. The van der Waals surface area contributed by atoms with E-state index in [0.717, 1.165) is 5.69 Å². The summed E-state index contributed by atoms with van der Waals surface area (Å²) in [5, 5.41) is 9.07. The SMILES string of the molecule is CN(c1ccc(C#N)cc1)c1nccnc1Cl. The molecule has 0 unspecified atom stereocenters. The Hall–Kier alpha value is -2.12. The zero-order valence-electron chi connectivity index (χ0n) is 9.13. The first kappa shape index (κ1) is 11.4. The van der Waals surface area contributed by atoms with Crippen LogP contribution in [0.4, 0.5) is 11.5 Å². The van der Waals surface area contributed by atoms with Crippen molar-refractivity contribution in [1.82, 2.24) is 9.97 Å². The Balaban J connectivity index is 2.34. The Morgan fingerprint density at radius 1 is 1.18 bits per heavy atom. The van der Waals surface area contributed by atoms with Crippen molar-refractivity contribution in [3.05, 3.63) is 47.4 Å². The minimum Gasteiger partial charge on any atom is -0.327 e. The molecule has 0 fully saturated rings. The monoisotopic (exact) mass is 244 g/mol. The third kappa shape index (κ3) is 2.35. The molecule has 0 spiro atoms. The van der Waals surface area contributed by atoms with E-state index in [1.165, 1.54) is 0 Å². The summed E-state index contributed by atoms with van der Waals surface area (Å²) in [6.45, 7) is 0. The maximum absolute atomic E-state index is 8.72. The van der Waals surface area contributed by atoms with Crippen LogP contribution in [0.3, 0.4) is 0 Å². The van der Waals surface area contributed by atoms with Crippen molar-refractivity contribution in [3.63, 3.8) is 0 Å². The molecule has 2 aromatic rings. The van der Waals surface area contributed by atoms with E-state index in [4.69, 9.17) is 16.9 Å². The first-order valence-electron chi connectivity index (χ1n) is 4.93. The molecule has 0 aliphatic rings. The van der Waals surface area contributed by atoms with Gasteiger partial charge in [0.15, 0.2) is 11.0 Å². The van der Waals surface area contributed by atoms with Crippen molar-refractivity contribution in [3.8, 4) is 6.07 Å². The predicted octanol–water partition coefficient (Wildman–Crippen LogP) is 2.77. The lowest BCUT2D eigenvalue weighted by molar-refractivity contribution is 1.09. The third-order valence-corrected chi connectivity index (χ3v) is 2.60. The molecule has 0 aliphatic carbocycles. The molecule has 5 heteroatoms. The van der Waals surface area contributed by atoms with E-state index >= 15 is 0 Å². The second-order valence-electron chi connectivity index (χ2n) is 3.39. The number of hydrogen-bond acceptors (Lipinski definition) is 4. The van der Waals surface area contributed by atoms with E-state index in [0.29, 0.717) is 16.5 Å². The Labute approximate surface area is 104 Å². The van der Waals surface area contributed by atoms with Gasteiger partial charge in [-0.3, -0.25) is 0 Å². The molecule has 2 rings (SSSR count). The van der Waals surface area contributed by atoms with Gasteiger partial charge in [-0.1, -0.05) is 11.6 Å². The maximum Gasteiger partial charge on any atom is 0.172 e. The van der Waals surface area contributed by atoms with Crippen LogP contribution in [-0.4, -0.2) is 17.0 Å². The van der Waals surface area contributed by atoms with Crippen LogP contribution < -0.4 is 4.90 Å². The van der Waals surface area contributed by atoms with Crippen molar-refractivity contribution in [1.29, 1.82) is 5.26 Å². The van der Waals surface area contributed by atoms with Crippen molar-refractivity contribution >= 4 is 23.1 Å². The number of nitrogens with zero attached hydrogens (tertiary/aromatic N) is 4. The summed E-state index contributed by atoms with van der Waals surface area (Å²) in [6.07, 6.45) is 3.12. The molecule has 0 amide bonds. The summed E-state index contributed by atoms with van der Waals surface area (Å²) in [5.74, 6) is 0.582. The number of aromatic nitrogens is 2. The second kappa shape index (κ2) is 4.81. The molecule has 1 aromatic heterocycles. The summed E-state index contributed by atoms with van der Waals surface area (Å²) in [5.41, 5.74) is 1.51. The highest BCUT2D eigenvalue weighted by molar-refractivity contribution is 6.31. The fourth-order valence-electron chi connectivity index (χ4n) is 1.42. The topological polar surface area (TPSA) is 52.8 Å². The second-order valence-corrected chi connectivity index (χ2v) is 3.75. The fraction of sp³-hybridized carbons (Fsp3) is 0.0833. The van der Waals surface area contributed by atoms with Crippen LogP contribution >= 0.6 is 11.6 Å². The van der Waals surface area contributed by atoms with Gasteiger partial charge in [0.25, 0.3) is 0 Å². The smallest absolute Gasteiger partial charge is 0.172 e. The highest BCUT2D eigenvalue weighted by Crippen LogP contribution is 2.26. The van der Waals surface area contributed by atoms with E-state index in [1.807, 2.05) is 24.1 Å². The summed E-state index contributed by atoms with van der Waals surface area (Å²) in [6, 6.07) is 9.24. The van der Waals surface area contributed by atoms with E-state index in [1.54, 1.807) is 24.5 Å². The minimum atomic E-state index is 0.347. The summed E-state index contributed by atoms with van der Waals surface area (Å²) in [4.78, 5) is 9.95. The minimum absolute atomic E-state index is 0.347. The van der Waals surface area contributed by atoms with E-state index in [9.17, 15) is 0 Å². The normalized spacial score (nSPS) is 9.71. The number of benzene rings is 1. The average molecular weight is 245 g/mol. The molecule has 0 aliphatic heterocycles. The number of hydrogen-bond donors (Lipinski definition) is 0. The van der Waals surface area contributed by atoms with Crippen LogP contribution in [0.15, 0.2) is 36.7 Å². The molecule has 17 heavy (non-hydrogen) atoms. The highest BCUT2D eigenvalue weighted by Gasteiger charge is 2.09. The summed E-state index contributed by atoms with van der Waals surface area (Å²) < 4.78 is 0. The quantitative estimate of drug-likeness (QED) is 0.815. The molecule has 0 bridgehead atoms. The molecular formula is C12H9ClN4. The van der Waals surface area contributed by atoms with Gasteiger partial charge in [-0.25, -0.2) is 9.97 Å². The molecule has 1 heterocycles. The van der Waals surface area contributed by atoms with Crippen molar-refractivity contribution in [2.24, 2.45) is 0 Å². The largest absolute Gasteiger partial charge is 0.327 e. The third-order valence-electron chi connectivity index (χ3n) is 2.34. The van der Waals surface area contributed by atoms with Crippen molar-refractivity contribution < 1.29 is 0 Å². The lowest BCUT2D eigenvalue weighted by Crippen LogP contribution is -2.12. The lowest BCUT2D eigenvalue weighted by atomic mass is 10.2. The van der Waals surface area contributed by atoms with Gasteiger partial charge in [-0.2, -0.15) is 5.26 Å². The van der Waals surface area contributed by atoms with Gasteiger partial charge in [0, 0.05) is 25.1 Å². The molecular weight excluding hydrogens is 236 g/mol. The van der Waals surface area contributed by atoms with Gasteiger partial charge in [0.1, 0.15) is 0 Å². The molecule has 0 N–H and O–H groups in total. The van der Waals surface area contributed by atoms with Crippen molar-refractivity contribution in [2.45, 2.75) is 0 Å². The Bertz CT molecular complexity index is 559. The first-order chi connectivity index (χ1) is 8.22. The number of nitriles is 1. The Morgan fingerprint density at radius 2 is 1.82 bits per heavy atom. The zero-order chi connectivity index (χ0) is 12.3. The van der Waals surface area contributed by atoms with Crippen LogP contribution in [0, 0.1) is 11.3 Å². The molecule has 0 radical (unpaired) electrons. The van der Waals surface area contributed by atoms with Crippen LogP contribution in [0.25, 0.3) is 0 Å². The van der Waals surface area contributed by atoms with E-state index < -0.39 is 0 Å². The van der Waals surface area contributed by atoms with Gasteiger partial charge in [-0.15, -0.1) is 0 Å². The first-order valence-corrected chi connectivity index (χ1v) is 5.30. The summed E-state index contributed by atoms with van der Waals surface area (Å²) >= 11 is 5.96. The van der Waals surface area contributed by atoms with E-state index in [-0.39, 0.29) is 0 Å². The molecule has 0 atom stereocenters. The summed E-state index contributed by atoms with van der Waals surface area (Å²) in [7, 11) is 1.84. The van der Waals surface area contributed by atoms with Crippen LogP contribution in [0.5, 0.6) is 0 Å². The van der Waals surface area contributed by atoms with E-state index in [2.05, 4.69) is 16.0 Å². The molecule has 84 valence electrons. The van der Waals surface area contributed by atoms with Gasteiger partial charge < -0.3 is 4.90 Å². The Morgan fingerprint density at radius 3 is 2.41 bits per heavy atom. The number of anilines is 2.